The number of hydrogen-bond donors (Lipinski definition) is 0. The van der Waals surface area contributed by atoms with Crippen LogP contribution in [0, 0.1) is 13.8 Å². The smallest absolute Gasteiger partial charge is 0.229 e. The normalized spacial score (nSPS) is 16.3. The maximum atomic E-state index is 13.3. The number of amides is 1. The molecule has 0 saturated carbocycles. The first-order valence-corrected chi connectivity index (χ1v) is 13.4. The minimum atomic E-state index is -3.61. The summed E-state index contributed by atoms with van der Waals surface area (Å²) in [6.45, 7) is 5.14. The molecule has 1 unspecified atom stereocenters. The number of methoxy groups -OCH3 is 1. The van der Waals surface area contributed by atoms with E-state index in [0.717, 1.165) is 28.6 Å². The summed E-state index contributed by atoms with van der Waals surface area (Å²) in [6, 6.07) is 10.3. The van der Waals surface area contributed by atoms with E-state index in [0.29, 0.717) is 24.0 Å². The number of anilines is 1. The van der Waals surface area contributed by atoms with Crippen LogP contribution in [0.3, 0.4) is 0 Å². The van der Waals surface area contributed by atoms with Gasteiger partial charge in [-0.2, -0.15) is 0 Å². The molecule has 1 atom stereocenters. The molecule has 1 saturated heterocycles. The van der Waals surface area contributed by atoms with E-state index in [9.17, 15) is 13.2 Å². The lowest BCUT2D eigenvalue weighted by Gasteiger charge is -2.23. The molecule has 0 spiro atoms. The van der Waals surface area contributed by atoms with E-state index < -0.39 is 9.84 Å². The second-order valence-electron chi connectivity index (χ2n) is 8.28. The van der Waals surface area contributed by atoms with Crippen molar-refractivity contribution in [1.29, 1.82) is 0 Å². The number of nitrogens with zero attached hydrogens (tertiary/aromatic N) is 2. The van der Waals surface area contributed by atoms with Crippen LogP contribution in [0.1, 0.15) is 30.4 Å². The minimum Gasteiger partial charge on any atom is -0.497 e. The van der Waals surface area contributed by atoms with Gasteiger partial charge in [0.15, 0.2) is 15.0 Å². The first-order chi connectivity index (χ1) is 15.8. The van der Waals surface area contributed by atoms with Crippen molar-refractivity contribution in [2.24, 2.45) is 0 Å². The Morgan fingerprint density at radius 3 is 2.61 bits per heavy atom. The number of rotatable bonds is 8. The van der Waals surface area contributed by atoms with Gasteiger partial charge in [-0.25, -0.2) is 13.4 Å². The standard InChI is InChI=1S/C24H28N2O5S2/c1-16-13-21-22(14-17(16)2)32-24(25-21)26(15-19-5-4-11-31-19)23(27)10-12-33(28,29)20-8-6-18(30-3)7-9-20/h6-9,13-14,19H,4-5,10-12,15H2,1-3H3. The summed E-state index contributed by atoms with van der Waals surface area (Å²) < 4.78 is 37.5. The molecular weight excluding hydrogens is 460 g/mol. The summed E-state index contributed by atoms with van der Waals surface area (Å²) in [5, 5.41) is 0.581. The minimum absolute atomic E-state index is 0.0670. The van der Waals surface area contributed by atoms with Crippen LogP contribution in [-0.4, -0.2) is 51.4 Å². The number of carbonyl (C=O) groups excluding carboxylic acids is 1. The molecule has 1 aromatic heterocycles. The van der Waals surface area contributed by atoms with Crippen molar-refractivity contribution in [3.05, 3.63) is 47.5 Å². The zero-order chi connectivity index (χ0) is 23.6. The van der Waals surface area contributed by atoms with Crippen molar-refractivity contribution >= 4 is 42.4 Å². The molecule has 2 heterocycles. The molecule has 2 aromatic carbocycles. The topological polar surface area (TPSA) is 85.8 Å². The fourth-order valence-electron chi connectivity index (χ4n) is 3.82. The molecule has 1 aliphatic rings. The number of benzene rings is 2. The van der Waals surface area contributed by atoms with Crippen molar-refractivity contribution in [3.63, 3.8) is 0 Å². The number of ether oxygens (including phenoxy) is 2. The van der Waals surface area contributed by atoms with Crippen molar-refractivity contribution in [3.8, 4) is 5.75 Å². The van der Waals surface area contributed by atoms with Gasteiger partial charge in [0.2, 0.25) is 5.91 Å². The number of thiazole rings is 1. The third kappa shape index (κ3) is 5.37. The van der Waals surface area contributed by atoms with Gasteiger partial charge in [0.25, 0.3) is 0 Å². The highest BCUT2D eigenvalue weighted by Crippen LogP contribution is 2.32. The zero-order valence-electron chi connectivity index (χ0n) is 19.0. The molecule has 1 amide bonds. The highest BCUT2D eigenvalue weighted by molar-refractivity contribution is 7.91. The van der Waals surface area contributed by atoms with Gasteiger partial charge in [-0.05, 0) is 74.2 Å². The van der Waals surface area contributed by atoms with Crippen molar-refractivity contribution in [1.82, 2.24) is 4.98 Å². The highest BCUT2D eigenvalue weighted by Gasteiger charge is 2.27. The monoisotopic (exact) mass is 488 g/mol. The number of fused-ring (bicyclic) bond motifs is 1. The third-order valence-corrected chi connectivity index (χ3v) is 8.71. The molecule has 7 nitrogen and oxygen atoms in total. The summed E-state index contributed by atoms with van der Waals surface area (Å²) in [7, 11) is -2.09. The summed E-state index contributed by atoms with van der Waals surface area (Å²) in [4.78, 5) is 19.8. The van der Waals surface area contributed by atoms with Gasteiger partial charge in [-0.15, -0.1) is 0 Å². The first kappa shape index (κ1) is 23.7. The Balaban J connectivity index is 1.55. The summed E-state index contributed by atoms with van der Waals surface area (Å²) in [5.74, 6) is 0.0349. The van der Waals surface area contributed by atoms with Gasteiger partial charge in [-0.1, -0.05) is 11.3 Å². The average Bonchev–Trinajstić information content (AvgIpc) is 3.46. The summed E-state index contributed by atoms with van der Waals surface area (Å²) >= 11 is 1.45. The molecule has 3 aromatic rings. The van der Waals surface area contributed by atoms with E-state index in [-0.39, 0.29) is 29.1 Å². The molecule has 0 aliphatic carbocycles. The van der Waals surface area contributed by atoms with Crippen LogP contribution >= 0.6 is 11.3 Å². The number of aromatic nitrogens is 1. The van der Waals surface area contributed by atoms with Gasteiger partial charge >= 0.3 is 0 Å². The molecule has 0 radical (unpaired) electrons. The Morgan fingerprint density at radius 2 is 1.94 bits per heavy atom. The second kappa shape index (κ2) is 9.79. The Bertz CT molecular complexity index is 1210. The Hall–Kier alpha value is -2.49. The van der Waals surface area contributed by atoms with E-state index in [1.165, 1.54) is 36.1 Å². The number of carbonyl (C=O) groups is 1. The largest absolute Gasteiger partial charge is 0.497 e. The molecule has 33 heavy (non-hydrogen) atoms. The second-order valence-corrected chi connectivity index (χ2v) is 11.4. The van der Waals surface area contributed by atoms with Gasteiger partial charge in [-0.3, -0.25) is 9.69 Å². The maximum Gasteiger partial charge on any atom is 0.229 e. The SMILES string of the molecule is COc1ccc(S(=O)(=O)CCC(=O)N(CC2CCCO2)c2nc3cc(C)c(C)cc3s2)cc1. The van der Waals surface area contributed by atoms with Crippen LogP contribution in [0.15, 0.2) is 41.3 Å². The average molecular weight is 489 g/mol. The molecule has 4 rings (SSSR count). The highest BCUT2D eigenvalue weighted by atomic mass is 32.2. The zero-order valence-corrected chi connectivity index (χ0v) is 20.7. The van der Waals surface area contributed by atoms with Crippen LogP contribution < -0.4 is 9.64 Å². The molecule has 0 bridgehead atoms. The number of aryl methyl sites for hydroxylation is 2. The van der Waals surface area contributed by atoms with Crippen LogP contribution in [-0.2, 0) is 19.4 Å². The fraction of sp³-hybridized carbons (Fsp3) is 0.417. The van der Waals surface area contributed by atoms with Gasteiger partial charge in [0.1, 0.15) is 5.75 Å². The molecule has 1 fully saturated rings. The molecule has 0 N–H and O–H groups in total. The summed E-state index contributed by atoms with van der Waals surface area (Å²) in [6.07, 6.45) is 1.63. The van der Waals surface area contributed by atoms with Crippen molar-refractivity contribution < 1.29 is 22.7 Å². The van der Waals surface area contributed by atoms with E-state index in [1.54, 1.807) is 17.0 Å². The molecular formula is C24H28N2O5S2. The Morgan fingerprint density at radius 1 is 1.21 bits per heavy atom. The lowest BCUT2D eigenvalue weighted by atomic mass is 10.1. The lowest BCUT2D eigenvalue weighted by molar-refractivity contribution is -0.118. The lowest BCUT2D eigenvalue weighted by Crippen LogP contribution is -2.38. The predicted octanol–water partition coefficient (Wildman–Crippen LogP) is 4.30. The third-order valence-electron chi connectivity index (χ3n) is 5.94. The Labute approximate surface area is 198 Å². The number of sulfone groups is 1. The van der Waals surface area contributed by atoms with E-state index in [2.05, 4.69) is 6.07 Å². The maximum absolute atomic E-state index is 13.3. The fourth-order valence-corrected chi connectivity index (χ4v) is 6.12. The first-order valence-electron chi connectivity index (χ1n) is 10.9. The Kier molecular flexibility index (Phi) is 7.02. The quantitative estimate of drug-likeness (QED) is 0.470. The van der Waals surface area contributed by atoms with Crippen molar-refractivity contribution in [2.75, 3.05) is 30.9 Å². The van der Waals surface area contributed by atoms with E-state index >= 15 is 0 Å². The van der Waals surface area contributed by atoms with Crippen LogP contribution in [0.2, 0.25) is 0 Å². The van der Waals surface area contributed by atoms with Gasteiger partial charge in [0, 0.05) is 13.0 Å². The van der Waals surface area contributed by atoms with E-state index in [1.807, 2.05) is 19.9 Å². The van der Waals surface area contributed by atoms with Crippen LogP contribution in [0.4, 0.5) is 5.13 Å². The van der Waals surface area contributed by atoms with Gasteiger partial charge < -0.3 is 9.47 Å². The van der Waals surface area contributed by atoms with Gasteiger partial charge in [0.05, 0.1) is 40.6 Å². The number of hydrogen-bond acceptors (Lipinski definition) is 7. The van der Waals surface area contributed by atoms with E-state index in [4.69, 9.17) is 14.5 Å². The van der Waals surface area contributed by atoms with Crippen LogP contribution in [0.25, 0.3) is 10.2 Å². The van der Waals surface area contributed by atoms with Crippen molar-refractivity contribution in [2.45, 2.75) is 44.1 Å². The van der Waals surface area contributed by atoms with Crippen LogP contribution in [0.5, 0.6) is 5.75 Å². The summed E-state index contributed by atoms with van der Waals surface area (Å²) in [5.41, 5.74) is 3.15. The molecule has 176 valence electrons. The molecule has 9 heteroatoms. The predicted molar refractivity (Wildman–Crippen MR) is 130 cm³/mol. The molecule has 1 aliphatic heterocycles.